The molecule has 2 saturated heterocycles. The van der Waals surface area contributed by atoms with Crippen LogP contribution in [0, 0.1) is 11.3 Å². The van der Waals surface area contributed by atoms with Crippen molar-refractivity contribution < 1.29 is 43.4 Å². The molecular formula is C25H45NO9. The molecule has 3 N–H and O–H groups in total. The Bertz CT molecular complexity index is 717. The first-order chi connectivity index (χ1) is 16.4. The zero-order valence-corrected chi connectivity index (χ0v) is 22.4. The fraction of sp³-hybridized carbons (Fsp3) is 0.880. The molecule has 35 heavy (non-hydrogen) atoms. The Hall–Kier alpha value is -1.11. The third kappa shape index (κ3) is 6.61. The summed E-state index contributed by atoms with van der Waals surface area (Å²) in [5.74, 6) is -2.23. The van der Waals surface area contributed by atoms with Gasteiger partial charge in [0.25, 0.3) is 5.91 Å². The number of hydrogen-bond acceptors (Lipinski definition) is 9. The van der Waals surface area contributed by atoms with Gasteiger partial charge in [-0.1, -0.05) is 32.9 Å². The van der Waals surface area contributed by atoms with Gasteiger partial charge in [0.05, 0.1) is 31.0 Å². The molecule has 2 aliphatic rings. The average molecular weight is 504 g/mol. The van der Waals surface area contributed by atoms with Crippen LogP contribution in [-0.4, -0.2) is 99.8 Å². The van der Waals surface area contributed by atoms with Crippen molar-refractivity contribution in [2.45, 2.75) is 95.6 Å². The summed E-state index contributed by atoms with van der Waals surface area (Å²) in [4.78, 5) is 13.1. The Kier molecular flexibility index (Phi) is 10.7. The van der Waals surface area contributed by atoms with E-state index in [9.17, 15) is 15.0 Å². The Morgan fingerprint density at radius 2 is 1.89 bits per heavy atom. The van der Waals surface area contributed by atoms with Gasteiger partial charge < -0.3 is 44.0 Å². The number of aliphatic hydroxyl groups excluding tert-OH is 2. The van der Waals surface area contributed by atoms with Crippen molar-refractivity contribution in [3.8, 4) is 0 Å². The molecule has 204 valence electrons. The fourth-order valence-electron chi connectivity index (χ4n) is 4.77. The highest BCUT2D eigenvalue weighted by atomic mass is 16.7. The maximum atomic E-state index is 13.1. The molecular weight excluding hydrogens is 458 g/mol. The van der Waals surface area contributed by atoms with E-state index in [1.165, 1.54) is 14.2 Å². The minimum Gasteiger partial charge on any atom is -0.392 e. The molecule has 0 spiro atoms. The van der Waals surface area contributed by atoms with Gasteiger partial charge in [0, 0.05) is 59.0 Å². The minimum atomic E-state index is -1.64. The predicted molar refractivity (Wildman–Crippen MR) is 129 cm³/mol. The summed E-state index contributed by atoms with van der Waals surface area (Å²) in [7, 11) is 6.01. The maximum absolute atomic E-state index is 13.1. The van der Waals surface area contributed by atoms with Crippen LogP contribution in [0.5, 0.6) is 0 Å². The molecule has 2 aliphatic heterocycles. The number of aliphatic hydroxyl groups is 2. The lowest BCUT2D eigenvalue weighted by atomic mass is 9.74. The molecule has 0 aromatic heterocycles. The molecule has 0 aromatic carbocycles. The van der Waals surface area contributed by atoms with Gasteiger partial charge in [0.1, 0.15) is 6.10 Å². The van der Waals surface area contributed by atoms with Gasteiger partial charge >= 0.3 is 0 Å². The first-order valence-corrected chi connectivity index (χ1v) is 12.1. The molecule has 10 heteroatoms. The molecule has 0 aliphatic carbocycles. The van der Waals surface area contributed by atoms with Crippen LogP contribution in [0.4, 0.5) is 0 Å². The predicted octanol–water partition coefficient (Wildman–Crippen LogP) is 1.38. The van der Waals surface area contributed by atoms with Gasteiger partial charge in [-0.25, -0.2) is 0 Å². The molecule has 2 unspecified atom stereocenters. The highest BCUT2D eigenvalue weighted by molar-refractivity contribution is 5.82. The molecule has 10 nitrogen and oxygen atoms in total. The van der Waals surface area contributed by atoms with Crippen LogP contribution in [0.1, 0.15) is 47.0 Å². The van der Waals surface area contributed by atoms with E-state index in [1.54, 1.807) is 14.2 Å². The van der Waals surface area contributed by atoms with Crippen molar-refractivity contribution in [2.24, 2.45) is 11.3 Å². The van der Waals surface area contributed by atoms with Crippen molar-refractivity contribution in [1.29, 1.82) is 0 Å². The molecule has 0 saturated carbocycles. The standard InChI is InChI=1S/C25H45NO9/c1-14-12-25(33-9,35-16(3)15(14)2)21(28)22(29)26-23(32-8)18-11-19(27)24(4,5)20(34-18)10-17(31-7)13-30-6/h15-21,23,27-28H,1,10-13H2,2-9H3,(H,26,29)/t15?,16?,17-,18-,19+,20+,21+,23-,25+/m0/s1. The Morgan fingerprint density at radius 1 is 1.23 bits per heavy atom. The molecule has 9 atom stereocenters. The van der Waals surface area contributed by atoms with E-state index in [1.807, 2.05) is 27.7 Å². The summed E-state index contributed by atoms with van der Waals surface area (Å²) in [5, 5.41) is 24.6. The minimum absolute atomic E-state index is 0.0618. The van der Waals surface area contributed by atoms with Crippen LogP contribution in [0.15, 0.2) is 12.2 Å². The van der Waals surface area contributed by atoms with E-state index in [2.05, 4.69) is 11.9 Å². The van der Waals surface area contributed by atoms with E-state index >= 15 is 0 Å². The van der Waals surface area contributed by atoms with E-state index in [-0.39, 0.29) is 31.0 Å². The lowest BCUT2D eigenvalue weighted by Crippen LogP contribution is -2.62. The second-order valence-corrected chi connectivity index (χ2v) is 10.3. The average Bonchev–Trinajstić information content (AvgIpc) is 2.82. The van der Waals surface area contributed by atoms with Crippen molar-refractivity contribution in [3.05, 3.63) is 12.2 Å². The SMILES string of the molecule is C=C1C[C@](OC)([C@H](O)C(=O)N[C@@H](OC)[C@@H]2C[C@@H](O)C(C)(C)[C@@H](C[C@@H](COC)OC)O2)OC(C)C1C. The van der Waals surface area contributed by atoms with E-state index in [4.69, 9.17) is 28.4 Å². The number of ether oxygens (including phenoxy) is 6. The first kappa shape index (κ1) is 30.1. The zero-order valence-electron chi connectivity index (χ0n) is 22.4. The monoisotopic (exact) mass is 503 g/mol. The van der Waals surface area contributed by atoms with Crippen LogP contribution >= 0.6 is 0 Å². The molecule has 2 heterocycles. The van der Waals surface area contributed by atoms with Crippen molar-refractivity contribution in [2.75, 3.05) is 35.0 Å². The molecule has 0 aromatic rings. The second-order valence-electron chi connectivity index (χ2n) is 10.3. The van der Waals surface area contributed by atoms with E-state index in [0.29, 0.717) is 13.0 Å². The Labute approximate surface area is 209 Å². The topological polar surface area (TPSA) is 125 Å². The van der Waals surface area contributed by atoms with E-state index < -0.39 is 47.8 Å². The summed E-state index contributed by atoms with van der Waals surface area (Å²) in [5.41, 5.74) is 0.264. The fourth-order valence-corrected chi connectivity index (χ4v) is 4.77. The van der Waals surface area contributed by atoms with Crippen molar-refractivity contribution >= 4 is 5.91 Å². The number of hydrogen-bond donors (Lipinski definition) is 3. The van der Waals surface area contributed by atoms with Crippen molar-refractivity contribution in [3.63, 3.8) is 0 Å². The van der Waals surface area contributed by atoms with Gasteiger partial charge in [-0.2, -0.15) is 0 Å². The van der Waals surface area contributed by atoms with Crippen LogP contribution in [0.2, 0.25) is 0 Å². The quantitative estimate of drug-likeness (QED) is 0.283. The highest BCUT2D eigenvalue weighted by Gasteiger charge is 2.51. The second kappa shape index (κ2) is 12.4. The molecule has 0 radical (unpaired) electrons. The zero-order chi connectivity index (χ0) is 26.6. The first-order valence-electron chi connectivity index (χ1n) is 12.1. The van der Waals surface area contributed by atoms with Gasteiger partial charge in [-0.05, 0) is 6.92 Å². The van der Waals surface area contributed by atoms with Gasteiger partial charge in [0.2, 0.25) is 5.79 Å². The normalized spacial score (nSPS) is 35.8. The highest BCUT2D eigenvalue weighted by Crippen LogP contribution is 2.41. The van der Waals surface area contributed by atoms with Crippen LogP contribution in [-0.2, 0) is 33.2 Å². The molecule has 1 amide bonds. The number of methoxy groups -OCH3 is 4. The smallest absolute Gasteiger partial charge is 0.256 e. The molecule has 0 bridgehead atoms. The summed E-state index contributed by atoms with van der Waals surface area (Å²) in [6, 6.07) is 0. The number of rotatable bonds is 11. The number of carbonyl (C=O) groups excluding carboxylic acids is 1. The van der Waals surface area contributed by atoms with Crippen LogP contribution in [0.25, 0.3) is 0 Å². The maximum Gasteiger partial charge on any atom is 0.256 e. The Morgan fingerprint density at radius 3 is 2.40 bits per heavy atom. The number of nitrogens with one attached hydrogen (secondary N) is 1. The third-order valence-corrected chi connectivity index (χ3v) is 7.74. The summed E-state index contributed by atoms with van der Waals surface area (Å²) in [6.45, 7) is 12.1. The van der Waals surface area contributed by atoms with Crippen LogP contribution < -0.4 is 5.32 Å². The number of amides is 1. The third-order valence-electron chi connectivity index (χ3n) is 7.74. The van der Waals surface area contributed by atoms with Gasteiger partial charge in [-0.3, -0.25) is 4.79 Å². The largest absolute Gasteiger partial charge is 0.392 e. The van der Waals surface area contributed by atoms with E-state index in [0.717, 1.165) is 5.57 Å². The Balaban J connectivity index is 2.16. The summed E-state index contributed by atoms with van der Waals surface area (Å²) in [6.07, 6.45) is -3.97. The van der Waals surface area contributed by atoms with Gasteiger partial charge in [0.15, 0.2) is 12.3 Å². The summed E-state index contributed by atoms with van der Waals surface area (Å²) >= 11 is 0. The lowest BCUT2D eigenvalue weighted by molar-refractivity contribution is -0.298. The summed E-state index contributed by atoms with van der Waals surface area (Å²) < 4.78 is 34.1. The van der Waals surface area contributed by atoms with Crippen molar-refractivity contribution in [1.82, 2.24) is 5.32 Å². The number of carbonyl (C=O) groups is 1. The molecule has 2 fully saturated rings. The van der Waals surface area contributed by atoms with Crippen LogP contribution in [0.3, 0.4) is 0 Å². The molecule has 2 rings (SSSR count). The van der Waals surface area contributed by atoms with Gasteiger partial charge in [-0.15, -0.1) is 0 Å². The lowest BCUT2D eigenvalue weighted by Gasteiger charge is -2.48.